The molecule has 0 spiro atoms. The molecule has 2 nitrogen and oxygen atoms in total. The van der Waals surface area contributed by atoms with Crippen molar-refractivity contribution in [2.24, 2.45) is 17.3 Å². The molecule has 0 fully saturated rings. The molecule has 1 unspecified atom stereocenters. The lowest BCUT2D eigenvalue weighted by Gasteiger charge is -2.28. The van der Waals surface area contributed by atoms with Gasteiger partial charge in [0.2, 0.25) is 5.91 Å². The normalized spacial score (nSPS) is 14.6. The smallest absolute Gasteiger partial charge is 0.223 e. The maximum Gasteiger partial charge on any atom is 0.223 e. The van der Waals surface area contributed by atoms with Crippen LogP contribution in [0, 0.1) is 17.3 Å². The highest BCUT2D eigenvalue weighted by atomic mass is 16.1. The summed E-state index contributed by atoms with van der Waals surface area (Å²) in [5.41, 5.74) is 3.22. The average Bonchev–Trinajstić information content (AvgIpc) is 2.39. The molecule has 0 heterocycles. The van der Waals surface area contributed by atoms with Gasteiger partial charge in [-0.25, -0.2) is 0 Å². The van der Waals surface area contributed by atoms with Crippen molar-refractivity contribution in [2.45, 2.75) is 54.9 Å². The lowest BCUT2D eigenvalue weighted by molar-refractivity contribution is -0.127. The first-order valence-electron chi connectivity index (χ1n) is 8.40. The van der Waals surface area contributed by atoms with Crippen LogP contribution in [0.4, 0.5) is 0 Å². The summed E-state index contributed by atoms with van der Waals surface area (Å²) < 4.78 is 0. The van der Waals surface area contributed by atoms with Gasteiger partial charge >= 0.3 is 0 Å². The van der Waals surface area contributed by atoms with Crippen LogP contribution < -0.4 is 5.32 Å². The third kappa shape index (κ3) is 9.93. The zero-order chi connectivity index (χ0) is 18.2. The first kappa shape index (κ1) is 21.4. The summed E-state index contributed by atoms with van der Waals surface area (Å²) in [4.78, 5) is 12.6. The van der Waals surface area contributed by atoms with E-state index in [0.29, 0.717) is 12.5 Å². The van der Waals surface area contributed by atoms with Crippen LogP contribution in [0.15, 0.2) is 48.1 Å². The standard InChI is InChI=1S/C21H35NO/c1-10-17(6)12-18(11-15(2)3)14-22-20(23)19(16(4)5)13-21(7,8)9/h10-12,16,19H,1-2,13-14H2,3-9H3,(H,22,23)/b17-12-,18-11+. The maximum atomic E-state index is 12.6. The largest absolute Gasteiger partial charge is 0.352 e. The summed E-state index contributed by atoms with van der Waals surface area (Å²) in [5, 5.41) is 3.09. The molecule has 0 bridgehead atoms. The number of allylic oxidation sites excluding steroid dienone is 4. The van der Waals surface area contributed by atoms with E-state index in [9.17, 15) is 4.79 Å². The second kappa shape index (κ2) is 9.54. The van der Waals surface area contributed by atoms with Crippen molar-refractivity contribution in [1.29, 1.82) is 0 Å². The van der Waals surface area contributed by atoms with Gasteiger partial charge in [-0.2, -0.15) is 0 Å². The van der Waals surface area contributed by atoms with Crippen molar-refractivity contribution < 1.29 is 4.79 Å². The Morgan fingerprint density at radius 1 is 1.17 bits per heavy atom. The average molecular weight is 318 g/mol. The molecule has 0 radical (unpaired) electrons. The molecule has 0 rings (SSSR count). The lowest BCUT2D eigenvalue weighted by atomic mass is 9.79. The Kier molecular flexibility index (Phi) is 8.89. The van der Waals surface area contributed by atoms with E-state index in [1.807, 2.05) is 32.1 Å². The van der Waals surface area contributed by atoms with Crippen LogP contribution in [0.5, 0.6) is 0 Å². The van der Waals surface area contributed by atoms with E-state index in [0.717, 1.165) is 23.1 Å². The predicted molar refractivity (Wildman–Crippen MR) is 102 cm³/mol. The fourth-order valence-corrected chi connectivity index (χ4v) is 2.42. The summed E-state index contributed by atoms with van der Waals surface area (Å²) in [5.74, 6) is 0.492. The summed E-state index contributed by atoms with van der Waals surface area (Å²) in [6.07, 6.45) is 6.74. The molecule has 1 N–H and O–H groups in total. The van der Waals surface area contributed by atoms with Crippen molar-refractivity contribution in [1.82, 2.24) is 5.32 Å². The van der Waals surface area contributed by atoms with E-state index in [1.54, 1.807) is 0 Å². The van der Waals surface area contributed by atoms with Crippen LogP contribution in [0.25, 0.3) is 0 Å². The van der Waals surface area contributed by atoms with E-state index >= 15 is 0 Å². The van der Waals surface area contributed by atoms with Gasteiger partial charge in [0.05, 0.1) is 0 Å². The summed E-state index contributed by atoms with van der Waals surface area (Å²) in [6, 6.07) is 0. The molecule has 0 aromatic carbocycles. The number of nitrogens with one attached hydrogen (secondary N) is 1. The highest BCUT2D eigenvalue weighted by Crippen LogP contribution is 2.29. The van der Waals surface area contributed by atoms with E-state index in [2.05, 4.69) is 53.1 Å². The molecular weight excluding hydrogens is 282 g/mol. The molecule has 0 aliphatic rings. The Labute approximate surface area is 143 Å². The predicted octanol–water partition coefficient (Wildman–Crippen LogP) is 5.45. The van der Waals surface area contributed by atoms with Gasteiger partial charge in [0.25, 0.3) is 0 Å². The third-order valence-electron chi connectivity index (χ3n) is 3.61. The Morgan fingerprint density at radius 3 is 2.13 bits per heavy atom. The Bertz CT molecular complexity index is 486. The van der Waals surface area contributed by atoms with Crippen molar-refractivity contribution >= 4 is 5.91 Å². The second-order valence-corrected chi connectivity index (χ2v) is 7.99. The molecule has 0 saturated heterocycles. The molecular formula is C21H35NO. The summed E-state index contributed by atoms with van der Waals surface area (Å²) >= 11 is 0. The van der Waals surface area contributed by atoms with Gasteiger partial charge in [-0.1, -0.05) is 77.2 Å². The van der Waals surface area contributed by atoms with Gasteiger partial charge in [-0.15, -0.1) is 0 Å². The molecule has 2 heteroatoms. The van der Waals surface area contributed by atoms with E-state index in [-0.39, 0.29) is 17.2 Å². The second-order valence-electron chi connectivity index (χ2n) is 7.99. The Balaban J connectivity index is 5.03. The van der Waals surface area contributed by atoms with Crippen LogP contribution in [-0.2, 0) is 4.79 Å². The van der Waals surface area contributed by atoms with Gasteiger partial charge in [0.15, 0.2) is 0 Å². The minimum absolute atomic E-state index is 0.0329. The van der Waals surface area contributed by atoms with Crippen molar-refractivity contribution in [2.75, 3.05) is 6.54 Å². The minimum atomic E-state index is 0.0329. The van der Waals surface area contributed by atoms with Gasteiger partial charge < -0.3 is 5.32 Å². The van der Waals surface area contributed by atoms with Crippen LogP contribution >= 0.6 is 0 Å². The third-order valence-corrected chi connectivity index (χ3v) is 3.61. The number of carbonyl (C=O) groups excluding carboxylic acids is 1. The Hall–Kier alpha value is -1.57. The fourth-order valence-electron chi connectivity index (χ4n) is 2.42. The van der Waals surface area contributed by atoms with Crippen molar-refractivity contribution in [3.05, 3.63) is 48.1 Å². The number of rotatable bonds is 8. The van der Waals surface area contributed by atoms with Gasteiger partial charge in [-0.05, 0) is 37.2 Å². The lowest BCUT2D eigenvalue weighted by Crippen LogP contribution is -2.36. The number of carbonyl (C=O) groups is 1. The zero-order valence-corrected chi connectivity index (χ0v) is 16.1. The summed E-state index contributed by atoms with van der Waals surface area (Å²) in [6.45, 7) is 22.9. The van der Waals surface area contributed by atoms with E-state index < -0.39 is 0 Å². The molecule has 130 valence electrons. The van der Waals surface area contributed by atoms with E-state index in [4.69, 9.17) is 0 Å². The van der Waals surface area contributed by atoms with Crippen LogP contribution in [-0.4, -0.2) is 12.5 Å². The molecule has 1 amide bonds. The highest BCUT2D eigenvalue weighted by molar-refractivity contribution is 5.79. The molecule has 0 aromatic rings. The number of hydrogen-bond acceptors (Lipinski definition) is 1. The number of hydrogen-bond donors (Lipinski definition) is 1. The first-order chi connectivity index (χ1) is 10.5. The quantitative estimate of drug-likeness (QED) is 0.593. The molecule has 0 aliphatic carbocycles. The monoisotopic (exact) mass is 317 g/mol. The maximum absolute atomic E-state index is 12.6. The molecule has 23 heavy (non-hydrogen) atoms. The SMILES string of the molecule is C=C/C(C)=C\C(=C/C(=C)C)CNC(=O)C(CC(C)(C)C)C(C)C. The van der Waals surface area contributed by atoms with Crippen molar-refractivity contribution in [3.8, 4) is 0 Å². The van der Waals surface area contributed by atoms with Gasteiger partial charge in [0.1, 0.15) is 0 Å². The van der Waals surface area contributed by atoms with Crippen LogP contribution in [0.3, 0.4) is 0 Å². The zero-order valence-electron chi connectivity index (χ0n) is 16.1. The molecule has 0 saturated carbocycles. The Morgan fingerprint density at radius 2 is 1.74 bits per heavy atom. The summed E-state index contributed by atoms with van der Waals surface area (Å²) in [7, 11) is 0. The molecule has 0 aliphatic heterocycles. The van der Waals surface area contributed by atoms with Gasteiger partial charge in [-0.3, -0.25) is 4.79 Å². The molecule has 1 atom stereocenters. The minimum Gasteiger partial charge on any atom is -0.352 e. The van der Waals surface area contributed by atoms with Crippen LogP contribution in [0.1, 0.15) is 54.9 Å². The first-order valence-corrected chi connectivity index (χ1v) is 8.40. The fraction of sp³-hybridized carbons (Fsp3) is 0.571. The molecule has 0 aromatic heterocycles. The van der Waals surface area contributed by atoms with Crippen molar-refractivity contribution in [3.63, 3.8) is 0 Å². The van der Waals surface area contributed by atoms with Crippen LogP contribution in [0.2, 0.25) is 0 Å². The highest BCUT2D eigenvalue weighted by Gasteiger charge is 2.27. The number of amides is 1. The van der Waals surface area contributed by atoms with E-state index in [1.165, 1.54) is 0 Å². The van der Waals surface area contributed by atoms with Gasteiger partial charge in [0, 0.05) is 12.5 Å². The topological polar surface area (TPSA) is 29.1 Å².